The molecule has 2 atom stereocenters. The van der Waals surface area contributed by atoms with Crippen molar-refractivity contribution in [1.82, 2.24) is 4.90 Å². The van der Waals surface area contributed by atoms with Gasteiger partial charge in [-0.05, 0) is 67.5 Å². The first kappa shape index (κ1) is 14.6. The first-order chi connectivity index (χ1) is 10.2. The van der Waals surface area contributed by atoms with Crippen molar-refractivity contribution in [3.8, 4) is 0 Å². The van der Waals surface area contributed by atoms with E-state index in [1.807, 2.05) is 0 Å². The zero-order valence-electron chi connectivity index (χ0n) is 12.1. The third-order valence-electron chi connectivity index (χ3n) is 4.86. The highest BCUT2D eigenvalue weighted by atomic mass is 35.5. The van der Waals surface area contributed by atoms with Gasteiger partial charge in [0.2, 0.25) is 0 Å². The summed E-state index contributed by atoms with van der Waals surface area (Å²) in [7, 11) is 0. The van der Waals surface area contributed by atoms with E-state index in [-0.39, 0.29) is 5.91 Å². The molecule has 1 amide bonds. The number of piperidine rings is 1. The average Bonchev–Trinajstić information content (AvgIpc) is 2.53. The van der Waals surface area contributed by atoms with Crippen molar-refractivity contribution < 1.29 is 9.59 Å². The van der Waals surface area contributed by atoms with Crippen molar-refractivity contribution >= 4 is 22.8 Å². The Hall–Kier alpha value is -1.35. The maximum absolute atomic E-state index is 12.7. The predicted molar refractivity (Wildman–Crippen MR) is 82.6 cm³/mol. The van der Waals surface area contributed by atoms with Crippen LogP contribution in [-0.2, 0) is 0 Å². The van der Waals surface area contributed by atoms with E-state index in [1.165, 1.54) is 25.7 Å². The molecule has 0 aromatic heterocycles. The number of carbonyl (C=O) groups is 2. The molecule has 2 aliphatic rings. The van der Waals surface area contributed by atoms with Crippen LogP contribution in [0.25, 0.3) is 0 Å². The third kappa shape index (κ3) is 2.98. The Labute approximate surface area is 130 Å². The Morgan fingerprint density at radius 1 is 0.952 bits per heavy atom. The minimum atomic E-state index is -0.487. The number of amides is 1. The first-order valence-electron chi connectivity index (χ1n) is 7.77. The lowest BCUT2D eigenvalue weighted by Gasteiger charge is -2.44. The van der Waals surface area contributed by atoms with E-state index in [1.54, 1.807) is 24.3 Å². The maximum atomic E-state index is 12.7. The molecular weight excluding hydrogens is 286 g/mol. The summed E-state index contributed by atoms with van der Waals surface area (Å²) < 4.78 is 0. The molecule has 1 heterocycles. The number of likely N-dealkylation sites (tertiary alicyclic amines) is 1. The van der Waals surface area contributed by atoms with E-state index >= 15 is 0 Å². The molecule has 0 N–H and O–H groups in total. The van der Waals surface area contributed by atoms with Crippen LogP contribution >= 0.6 is 11.6 Å². The zero-order chi connectivity index (χ0) is 14.8. The second kappa shape index (κ2) is 6.18. The fourth-order valence-corrected chi connectivity index (χ4v) is 3.91. The Bertz CT molecular complexity index is 538. The van der Waals surface area contributed by atoms with Crippen molar-refractivity contribution in [2.24, 2.45) is 5.92 Å². The standard InChI is InChI=1S/C17H20ClNO2/c18-16(20)13-7-9-14(10-8-13)17(21)19-11-3-5-12-4-1-2-6-15(12)19/h7-10,12,15H,1-6,11H2/t12-,15+/m1/s1. The maximum Gasteiger partial charge on any atom is 0.254 e. The van der Waals surface area contributed by atoms with Crippen LogP contribution in [0.3, 0.4) is 0 Å². The molecule has 4 heteroatoms. The Balaban J connectivity index is 1.78. The summed E-state index contributed by atoms with van der Waals surface area (Å²) >= 11 is 5.44. The summed E-state index contributed by atoms with van der Waals surface area (Å²) in [6, 6.07) is 7.10. The van der Waals surface area contributed by atoms with E-state index in [9.17, 15) is 9.59 Å². The van der Waals surface area contributed by atoms with Gasteiger partial charge in [-0.15, -0.1) is 0 Å². The molecule has 0 spiro atoms. The lowest BCUT2D eigenvalue weighted by molar-refractivity contribution is 0.0390. The van der Waals surface area contributed by atoms with Gasteiger partial charge < -0.3 is 4.90 Å². The number of rotatable bonds is 2. The van der Waals surface area contributed by atoms with Crippen LogP contribution in [-0.4, -0.2) is 28.6 Å². The van der Waals surface area contributed by atoms with E-state index in [4.69, 9.17) is 11.6 Å². The van der Waals surface area contributed by atoms with Crippen molar-refractivity contribution in [2.45, 2.75) is 44.6 Å². The van der Waals surface area contributed by atoms with Crippen LogP contribution in [0.1, 0.15) is 59.2 Å². The monoisotopic (exact) mass is 305 g/mol. The number of halogens is 1. The van der Waals surface area contributed by atoms with Gasteiger partial charge in [-0.1, -0.05) is 12.8 Å². The summed E-state index contributed by atoms with van der Waals surface area (Å²) in [4.78, 5) is 25.9. The van der Waals surface area contributed by atoms with Gasteiger partial charge in [-0.2, -0.15) is 0 Å². The molecular formula is C17H20ClNO2. The van der Waals surface area contributed by atoms with Crippen LogP contribution in [0.15, 0.2) is 24.3 Å². The molecule has 1 aliphatic heterocycles. The number of nitrogens with zero attached hydrogens (tertiary/aromatic N) is 1. The topological polar surface area (TPSA) is 37.4 Å². The molecule has 3 rings (SSSR count). The molecule has 21 heavy (non-hydrogen) atoms. The van der Waals surface area contributed by atoms with Gasteiger partial charge in [0.15, 0.2) is 0 Å². The molecule has 1 aromatic carbocycles. The molecule has 112 valence electrons. The third-order valence-corrected chi connectivity index (χ3v) is 5.08. The van der Waals surface area contributed by atoms with Crippen molar-refractivity contribution in [2.75, 3.05) is 6.54 Å². The summed E-state index contributed by atoms with van der Waals surface area (Å²) in [5, 5.41) is -0.487. The van der Waals surface area contributed by atoms with E-state index in [0.29, 0.717) is 23.1 Å². The molecule has 0 unspecified atom stereocenters. The molecule has 0 radical (unpaired) electrons. The average molecular weight is 306 g/mol. The number of benzene rings is 1. The number of hydrogen-bond donors (Lipinski definition) is 0. The van der Waals surface area contributed by atoms with Gasteiger partial charge in [0, 0.05) is 23.7 Å². The van der Waals surface area contributed by atoms with Gasteiger partial charge in [0.05, 0.1) is 0 Å². The van der Waals surface area contributed by atoms with Gasteiger partial charge in [0.25, 0.3) is 11.1 Å². The number of carbonyl (C=O) groups excluding carboxylic acids is 2. The van der Waals surface area contributed by atoms with Crippen molar-refractivity contribution in [1.29, 1.82) is 0 Å². The Morgan fingerprint density at radius 3 is 2.29 bits per heavy atom. The van der Waals surface area contributed by atoms with Crippen LogP contribution in [0.2, 0.25) is 0 Å². The van der Waals surface area contributed by atoms with Gasteiger partial charge >= 0.3 is 0 Å². The molecule has 0 bridgehead atoms. The lowest BCUT2D eigenvalue weighted by Crippen LogP contribution is -2.49. The number of hydrogen-bond acceptors (Lipinski definition) is 2. The lowest BCUT2D eigenvalue weighted by atomic mass is 9.78. The second-order valence-corrected chi connectivity index (χ2v) is 6.45. The minimum absolute atomic E-state index is 0.0974. The first-order valence-corrected chi connectivity index (χ1v) is 8.15. The molecule has 3 nitrogen and oxygen atoms in total. The van der Waals surface area contributed by atoms with Gasteiger partial charge in [-0.25, -0.2) is 0 Å². The van der Waals surface area contributed by atoms with E-state index in [0.717, 1.165) is 19.4 Å². The fourth-order valence-electron chi connectivity index (χ4n) is 3.79. The Kier molecular flexibility index (Phi) is 4.29. The smallest absolute Gasteiger partial charge is 0.254 e. The summed E-state index contributed by atoms with van der Waals surface area (Å²) in [6.45, 7) is 0.857. The molecule has 1 aromatic rings. The molecule has 1 saturated carbocycles. The minimum Gasteiger partial charge on any atom is -0.335 e. The normalized spacial score (nSPS) is 25.3. The van der Waals surface area contributed by atoms with Crippen molar-refractivity contribution in [3.63, 3.8) is 0 Å². The summed E-state index contributed by atoms with van der Waals surface area (Å²) in [5.41, 5.74) is 1.09. The second-order valence-electron chi connectivity index (χ2n) is 6.10. The highest BCUT2D eigenvalue weighted by Crippen LogP contribution is 2.35. The summed E-state index contributed by atoms with van der Waals surface area (Å²) in [6.07, 6.45) is 7.28. The van der Waals surface area contributed by atoms with Crippen LogP contribution in [0, 0.1) is 5.92 Å². The van der Waals surface area contributed by atoms with Crippen LogP contribution in [0.5, 0.6) is 0 Å². The highest BCUT2D eigenvalue weighted by Gasteiger charge is 2.35. The molecule has 1 saturated heterocycles. The zero-order valence-corrected chi connectivity index (χ0v) is 12.8. The van der Waals surface area contributed by atoms with E-state index < -0.39 is 5.24 Å². The summed E-state index contributed by atoms with van der Waals surface area (Å²) in [5.74, 6) is 0.778. The van der Waals surface area contributed by atoms with Gasteiger partial charge in [0.1, 0.15) is 0 Å². The fraction of sp³-hybridized carbons (Fsp3) is 0.529. The number of fused-ring (bicyclic) bond motifs is 1. The van der Waals surface area contributed by atoms with Crippen LogP contribution < -0.4 is 0 Å². The predicted octanol–water partition coefficient (Wildman–Crippen LogP) is 3.86. The Morgan fingerprint density at radius 2 is 1.57 bits per heavy atom. The van der Waals surface area contributed by atoms with Crippen LogP contribution in [0.4, 0.5) is 0 Å². The van der Waals surface area contributed by atoms with Crippen molar-refractivity contribution in [3.05, 3.63) is 35.4 Å². The SMILES string of the molecule is O=C(Cl)c1ccc(C(=O)N2CCC[C@H]3CCCC[C@@H]32)cc1. The van der Waals surface area contributed by atoms with Gasteiger partial charge in [-0.3, -0.25) is 9.59 Å². The van der Waals surface area contributed by atoms with E-state index in [2.05, 4.69) is 4.90 Å². The highest BCUT2D eigenvalue weighted by molar-refractivity contribution is 6.67. The molecule has 2 fully saturated rings. The largest absolute Gasteiger partial charge is 0.335 e. The quantitative estimate of drug-likeness (QED) is 0.778. The molecule has 1 aliphatic carbocycles.